The minimum absolute atomic E-state index is 0.0591. The third kappa shape index (κ3) is 4.32. The Balaban J connectivity index is 1.63. The van der Waals surface area contributed by atoms with Crippen molar-refractivity contribution in [1.82, 2.24) is 15.2 Å². The molecular weight excluding hydrogens is 418 g/mol. The molecule has 158 valence electrons. The zero-order chi connectivity index (χ0) is 22.0. The number of nitrogens with one attached hydrogen (secondary N) is 1. The maximum absolute atomic E-state index is 13.3. The van der Waals surface area contributed by atoms with Crippen LogP contribution in [0, 0.1) is 0 Å². The number of rotatable bonds is 4. The van der Waals surface area contributed by atoms with Crippen LogP contribution in [0.5, 0.6) is 11.5 Å². The van der Waals surface area contributed by atoms with Crippen LogP contribution in [0.15, 0.2) is 60.9 Å². The van der Waals surface area contributed by atoms with Gasteiger partial charge in [0, 0.05) is 38.0 Å². The van der Waals surface area contributed by atoms with Crippen LogP contribution in [-0.2, 0) is 24.3 Å². The van der Waals surface area contributed by atoms with Gasteiger partial charge >= 0.3 is 0 Å². The van der Waals surface area contributed by atoms with E-state index in [2.05, 4.69) is 10.3 Å². The number of fused-ring (bicyclic) bond motifs is 1. The molecule has 2 heterocycles. The van der Waals surface area contributed by atoms with Crippen LogP contribution < -0.4 is 5.32 Å². The van der Waals surface area contributed by atoms with Gasteiger partial charge in [0.2, 0.25) is 5.91 Å². The first-order valence-corrected chi connectivity index (χ1v) is 10.1. The van der Waals surface area contributed by atoms with Gasteiger partial charge in [0.15, 0.2) is 0 Å². The molecule has 3 N–H and O–H groups in total. The van der Waals surface area contributed by atoms with E-state index in [-0.39, 0.29) is 35.3 Å². The van der Waals surface area contributed by atoms with Gasteiger partial charge in [-0.25, -0.2) is 0 Å². The molecule has 1 atom stereocenters. The molecule has 2 aromatic carbocycles. The Morgan fingerprint density at radius 3 is 2.61 bits per heavy atom. The number of hydrogen-bond donors (Lipinski definition) is 3. The van der Waals surface area contributed by atoms with E-state index in [0.29, 0.717) is 6.42 Å². The Morgan fingerprint density at radius 1 is 1.10 bits per heavy atom. The lowest BCUT2D eigenvalue weighted by molar-refractivity contribution is -0.126. The van der Waals surface area contributed by atoms with Gasteiger partial charge in [-0.2, -0.15) is 0 Å². The molecule has 0 aliphatic carbocycles. The highest BCUT2D eigenvalue weighted by molar-refractivity contribution is 6.32. The highest BCUT2D eigenvalue weighted by Crippen LogP contribution is 2.33. The van der Waals surface area contributed by atoms with Gasteiger partial charge in [-0.15, -0.1) is 0 Å². The van der Waals surface area contributed by atoms with Crippen LogP contribution >= 0.6 is 11.6 Å². The number of benzene rings is 2. The highest BCUT2D eigenvalue weighted by atomic mass is 35.5. The lowest BCUT2D eigenvalue weighted by atomic mass is 9.92. The normalized spacial score (nSPS) is 15.3. The van der Waals surface area contributed by atoms with E-state index in [1.807, 2.05) is 30.3 Å². The van der Waals surface area contributed by atoms with Gasteiger partial charge in [-0.1, -0.05) is 41.9 Å². The summed E-state index contributed by atoms with van der Waals surface area (Å²) in [5, 5.41) is 22.7. The van der Waals surface area contributed by atoms with E-state index < -0.39 is 17.7 Å². The molecule has 1 aromatic heterocycles. The third-order valence-corrected chi connectivity index (χ3v) is 5.60. The number of carbonyl (C=O) groups is 2. The number of carbonyl (C=O) groups excluding carboxylic acids is 2. The van der Waals surface area contributed by atoms with E-state index in [1.54, 1.807) is 18.5 Å². The van der Waals surface area contributed by atoms with Crippen molar-refractivity contribution in [3.05, 3.63) is 88.2 Å². The molecule has 0 saturated carbocycles. The van der Waals surface area contributed by atoms with E-state index in [9.17, 15) is 19.8 Å². The summed E-state index contributed by atoms with van der Waals surface area (Å²) in [5.74, 6) is -1.59. The van der Waals surface area contributed by atoms with Gasteiger partial charge in [0.05, 0.1) is 10.6 Å². The Bertz CT molecular complexity index is 1140. The number of hydrogen-bond acceptors (Lipinski definition) is 5. The van der Waals surface area contributed by atoms with Crippen molar-refractivity contribution in [2.75, 3.05) is 0 Å². The van der Waals surface area contributed by atoms with Crippen LogP contribution in [-0.4, -0.2) is 38.0 Å². The highest BCUT2D eigenvalue weighted by Gasteiger charge is 2.36. The number of aromatic nitrogens is 1. The Kier molecular flexibility index (Phi) is 5.77. The second-order valence-electron chi connectivity index (χ2n) is 7.32. The molecule has 8 heteroatoms. The molecule has 4 rings (SSSR count). The van der Waals surface area contributed by atoms with Crippen molar-refractivity contribution in [1.29, 1.82) is 0 Å². The minimum atomic E-state index is -0.772. The second kappa shape index (κ2) is 8.65. The summed E-state index contributed by atoms with van der Waals surface area (Å²) in [6.07, 6.45) is 3.66. The van der Waals surface area contributed by atoms with Crippen LogP contribution in [0.1, 0.15) is 27.0 Å². The molecule has 0 saturated heterocycles. The summed E-state index contributed by atoms with van der Waals surface area (Å²) in [6, 6.07) is 12.7. The number of nitrogens with zero attached hydrogens (tertiary/aromatic N) is 2. The summed E-state index contributed by atoms with van der Waals surface area (Å²) in [4.78, 5) is 31.9. The molecule has 7 nitrogen and oxygen atoms in total. The smallest absolute Gasteiger partial charge is 0.258 e. The molecule has 1 aliphatic rings. The Morgan fingerprint density at radius 2 is 1.87 bits per heavy atom. The molecular formula is C23H20ClN3O4. The average Bonchev–Trinajstić information content (AvgIpc) is 2.79. The molecule has 3 aromatic rings. The predicted octanol–water partition coefficient (Wildman–Crippen LogP) is 3.03. The summed E-state index contributed by atoms with van der Waals surface area (Å²) < 4.78 is 0. The number of pyridine rings is 1. The zero-order valence-electron chi connectivity index (χ0n) is 16.5. The van der Waals surface area contributed by atoms with Crippen LogP contribution in [0.2, 0.25) is 5.02 Å². The van der Waals surface area contributed by atoms with E-state index >= 15 is 0 Å². The van der Waals surface area contributed by atoms with E-state index in [0.717, 1.165) is 22.8 Å². The summed E-state index contributed by atoms with van der Waals surface area (Å²) in [7, 11) is 0. The van der Waals surface area contributed by atoms with Gasteiger partial charge in [-0.05, 0) is 28.8 Å². The van der Waals surface area contributed by atoms with Gasteiger partial charge in [-0.3, -0.25) is 14.6 Å². The lowest BCUT2D eigenvalue weighted by Crippen LogP contribution is -2.52. The number of phenolic OH excluding ortho intramolecular Hbond substituents is 2. The van der Waals surface area contributed by atoms with Crippen molar-refractivity contribution in [2.45, 2.75) is 25.6 Å². The molecule has 0 bridgehead atoms. The predicted molar refractivity (Wildman–Crippen MR) is 115 cm³/mol. The number of halogens is 1. The maximum Gasteiger partial charge on any atom is 0.258 e. The fraction of sp³-hybridized carbons (Fsp3) is 0.174. The van der Waals surface area contributed by atoms with Crippen molar-refractivity contribution in [3.8, 4) is 11.5 Å². The van der Waals surface area contributed by atoms with Crippen LogP contribution in [0.4, 0.5) is 0 Å². The summed E-state index contributed by atoms with van der Waals surface area (Å²) >= 11 is 5.95. The second-order valence-corrected chi connectivity index (χ2v) is 7.73. The fourth-order valence-corrected chi connectivity index (χ4v) is 3.82. The van der Waals surface area contributed by atoms with Crippen molar-refractivity contribution < 1.29 is 19.8 Å². The summed E-state index contributed by atoms with van der Waals surface area (Å²) in [6.45, 7) is 0.487. The molecule has 0 spiro atoms. The van der Waals surface area contributed by atoms with Gasteiger partial charge < -0.3 is 20.4 Å². The van der Waals surface area contributed by atoms with Crippen molar-refractivity contribution >= 4 is 23.4 Å². The monoisotopic (exact) mass is 437 g/mol. The number of phenols is 2. The molecule has 1 aliphatic heterocycles. The molecule has 2 amide bonds. The van der Waals surface area contributed by atoms with Gasteiger partial charge in [0.25, 0.3) is 5.91 Å². The standard InChI is InChI=1S/C23H20ClN3O4/c24-18-9-17(20(28)10-21(18)29)23(31)27-13-16-6-2-1-5-15(16)8-19(27)22(30)26-12-14-4-3-7-25-11-14/h1-7,9-11,19,28-29H,8,12-13H2,(H,26,30)/t19-/m1/s1. The largest absolute Gasteiger partial charge is 0.507 e. The fourth-order valence-electron chi connectivity index (χ4n) is 3.66. The first kappa shape index (κ1) is 20.7. The van der Waals surface area contributed by atoms with Crippen molar-refractivity contribution in [3.63, 3.8) is 0 Å². The Hall–Kier alpha value is -3.58. The van der Waals surface area contributed by atoms with Crippen LogP contribution in [0.25, 0.3) is 0 Å². The molecule has 0 unspecified atom stereocenters. The lowest BCUT2D eigenvalue weighted by Gasteiger charge is -2.36. The maximum atomic E-state index is 13.3. The SMILES string of the molecule is O=C(NCc1cccnc1)[C@H]1Cc2ccccc2CN1C(=O)c1cc(Cl)c(O)cc1O. The van der Waals surface area contributed by atoms with Crippen LogP contribution in [0.3, 0.4) is 0 Å². The van der Waals surface area contributed by atoms with Crippen molar-refractivity contribution in [2.24, 2.45) is 0 Å². The quantitative estimate of drug-likeness (QED) is 0.582. The first-order chi connectivity index (χ1) is 14.9. The summed E-state index contributed by atoms with van der Waals surface area (Å²) in [5.41, 5.74) is 2.68. The topological polar surface area (TPSA) is 103 Å². The zero-order valence-corrected chi connectivity index (χ0v) is 17.2. The van der Waals surface area contributed by atoms with Gasteiger partial charge in [0.1, 0.15) is 17.5 Å². The molecule has 31 heavy (non-hydrogen) atoms. The van der Waals surface area contributed by atoms with E-state index in [1.165, 1.54) is 11.0 Å². The van der Waals surface area contributed by atoms with E-state index in [4.69, 9.17) is 11.6 Å². The number of amides is 2. The number of aromatic hydroxyl groups is 2. The molecule has 0 radical (unpaired) electrons. The average molecular weight is 438 g/mol. The molecule has 0 fully saturated rings. The Labute approximate surface area is 183 Å². The minimum Gasteiger partial charge on any atom is -0.507 e. The third-order valence-electron chi connectivity index (χ3n) is 5.30. The first-order valence-electron chi connectivity index (χ1n) is 9.70.